The van der Waals surface area contributed by atoms with Crippen LogP contribution in [0.1, 0.15) is 64.1 Å². The summed E-state index contributed by atoms with van der Waals surface area (Å²) in [4.78, 5) is 25.9. The Hall–Kier alpha value is -3.52. The van der Waals surface area contributed by atoms with Crippen LogP contribution in [0.5, 0.6) is 0 Å². The molecule has 3 aromatic rings. The molecule has 1 aliphatic carbocycles. The average molecular weight is 556 g/mol. The highest BCUT2D eigenvalue weighted by Crippen LogP contribution is 2.41. The van der Waals surface area contributed by atoms with Crippen molar-refractivity contribution in [1.82, 2.24) is 9.88 Å². The summed E-state index contributed by atoms with van der Waals surface area (Å²) in [6.45, 7) is 1.83. The lowest BCUT2D eigenvalue weighted by atomic mass is 9.91. The van der Waals surface area contributed by atoms with Gasteiger partial charge in [-0.2, -0.15) is 31.6 Å². The monoisotopic (exact) mass is 555 g/mol. The first-order valence-electron chi connectivity index (χ1n) is 11.5. The lowest BCUT2D eigenvalue weighted by Crippen LogP contribution is -2.35. The number of aryl methyl sites for hydroxylation is 1. The second kappa shape index (κ2) is 9.66. The number of hydrogen-bond donors (Lipinski definition) is 1. The second-order valence-corrected chi connectivity index (χ2v) is 9.56. The quantitative estimate of drug-likeness (QED) is 0.251. The number of rotatable bonds is 7. The second-order valence-electron chi connectivity index (χ2n) is 9.16. The Labute approximate surface area is 218 Å². The maximum absolute atomic E-state index is 13.9. The highest BCUT2D eigenvalue weighted by Gasteiger charge is 2.45. The molecule has 1 atom stereocenters. The van der Waals surface area contributed by atoms with Gasteiger partial charge in [0.05, 0.1) is 39.3 Å². The van der Waals surface area contributed by atoms with Crippen molar-refractivity contribution in [3.05, 3.63) is 69.9 Å². The summed E-state index contributed by atoms with van der Waals surface area (Å²) in [5.74, 6) is -4.01. The van der Waals surface area contributed by atoms with Gasteiger partial charge in [0.15, 0.2) is 5.78 Å². The van der Waals surface area contributed by atoms with Crippen LogP contribution < -0.4 is 5.32 Å². The predicted octanol–water partition coefficient (Wildman–Crippen LogP) is 7.04. The maximum Gasteiger partial charge on any atom is 0.416 e. The van der Waals surface area contributed by atoms with Gasteiger partial charge in [0.25, 0.3) is 5.91 Å². The summed E-state index contributed by atoms with van der Waals surface area (Å²) in [7, 11) is 0. The molecule has 4 rings (SSSR count). The molecule has 0 spiro atoms. The minimum Gasteiger partial charge on any atom is -0.338 e. The van der Waals surface area contributed by atoms with Crippen molar-refractivity contribution >= 4 is 34.2 Å². The summed E-state index contributed by atoms with van der Waals surface area (Å²) in [5.41, 5.74) is -2.56. The van der Waals surface area contributed by atoms with E-state index >= 15 is 0 Å². The summed E-state index contributed by atoms with van der Waals surface area (Å²) >= 11 is 6.30. The number of benzene rings is 2. The zero-order valence-corrected chi connectivity index (χ0v) is 20.6. The molecule has 0 bridgehead atoms. The Balaban J connectivity index is 1.70. The molecular weight excluding hydrogens is 536 g/mol. The van der Waals surface area contributed by atoms with E-state index in [1.54, 1.807) is 6.92 Å². The molecule has 1 unspecified atom stereocenters. The van der Waals surface area contributed by atoms with Crippen LogP contribution >= 0.6 is 11.6 Å². The first-order valence-corrected chi connectivity index (χ1v) is 11.9. The van der Waals surface area contributed by atoms with Crippen LogP contribution in [-0.2, 0) is 12.7 Å². The van der Waals surface area contributed by atoms with Gasteiger partial charge in [-0.05, 0) is 49.6 Å². The van der Waals surface area contributed by atoms with Crippen molar-refractivity contribution in [2.45, 2.75) is 56.5 Å². The minimum atomic E-state index is -4.99. The average Bonchev–Trinajstić information content (AvgIpc) is 3.52. The number of alkyl halides is 6. The number of amides is 1. The van der Waals surface area contributed by atoms with Crippen molar-refractivity contribution in [2.24, 2.45) is 0 Å². The molecule has 2 aromatic carbocycles. The van der Waals surface area contributed by atoms with E-state index in [-0.39, 0.29) is 22.8 Å². The first kappa shape index (κ1) is 27.5. The fourth-order valence-corrected chi connectivity index (χ4v) is 4.59. The number of carbonyl (C=O) groups is 2. The van der Waals surface area contributed by atoms with Crippen molar-refractivity contribution in [1.29, 1.82) is 5.26 Å². The largest absolute Gasteiger partial charge is 0.416 e. The number of Topliss-reactive ketones (excluding diaryl/α,β-unsaturated/α-hetero) is 1. The third kappa shape index (κ3) is 5.36. The highest BCUT2D eigenvalue weighted by molar-refractivity contribution is 6.34. The smallest absolute Gasteiger partial charge is 0.338 e. The Morgan fingerprint density at radius 2 is 1.82 bits per heavy atom. The third-order valence-corrected chi connectivity index (χ3v) is 6.87. The number of ketones is 1. The summed E-state index contributed by atoms with van der Waals surface area (Å²) in [5, 5.41) is 12.2. The molecule has 1 heterocycles. The van der Waals surface area contributed by atoms with Crippen LogP contribution in [0.3, 0.4) is 0 Å². The van der Waals surface area contributed by atoms with E-state index in [1.165, 1.54) is 22.8 Å². The number of aromatic nitrogens is 1. The fraction of sp³-hybridized carbons (Fsp3) is 0.346. The molecule has 1 N–H and O–H groups in total. The van der Waals surface area contributed by atoms with Crippen LogP contribution in [0.2, 0.25) is 5.02 Å². The van der Waals surface area contributed by atoms with E-state index in [0.29, 0.717) is 35.9 Å². The molecule has 12 heteroatoms. The summed E-state index contributed by atoms with van der Waals surface area (Å²) < 4.78 is 82.5. The summed E-state index contributed by atoms with van der Waals surface area (Å²) in [6, 6.07) is 8.99. The molecule has 1 saturated carbocycles. The van der Waals surface area contributed by atoms with E-state index in [9.17, 15) is 41.2 Å². The third-order valence-electron chi connectivity index (χ3n) is 6.55. The first-order chi connectivity index (χ1) is 17.7. The van der Waals surface area contributed by atoms with Crippen LogP contribution in [0, 0.1) is 11.3 Å². The topological polar surface area (TPSA) is 74.9 Å². The van der Waals surface area contributed by atoms with Crippen LogP contribution in [0.15, 0.2) is 42.5 Å². The van der Waals surface area contributed by atoms with Crippen molar-refractivity contribution in [2.75, 3.05) is 0 Å². The van der Waals surface area contributed by atoms with Gasteiger partial charge in [0.2, 0.25) is 0 Å². The number of fused-ring (bicyclic) bond motifs is 1. The molecule has 1 aliphatic rings. The van der Waals surface area contributed by atoms with Gasteiger partial charge in [0.1, 0.15) is 5.54 Å². The number of nitrogens with zero attached hydrogens (tertiary/aromatic N) is 2. The number of hydrogen-bond acceptors (Lipinski definition) is 3. The Kier molecular flexibility index (Phi) is 6.99. The standard InChI is InChI=1S/C26H20ClF6N3O2/c1-2-36-20-12-19(27)17(23(38)35-24(13-34)6-7-24)9-15(20)10-21(36)22(37)11-18(26(31,32)33)14-4-3-5-16(8-14)25(28,29)30/h3-5,8-10,12,18H,2,6-7,11H2,1H3,(H,35,38). The molecule has 38 heavy (non-hydrogen) atoms. The van der Waals surface area contributed by atoms with E-state index in [4.69, 9.17) is 11.6 Å². The maximum atomic E-state index is 13.9. The van der Waals surface area contributed by atoms with Crippen LogP contribution in [-0.4, -0.2) is 28.0 Å². The molecule has 0 aliphatic heterocycles. The van der Waals surface area contributed by atoms with Gasteiger partial charge in [0, 0.05) is 18.4 Å². The molecular formula is C26H20ClF6N3O2. The molecule has 0 radical (unpaired) electrons. The van der Waals surface area contributed by atoms with Gasteiger partial charge in [-0.25, -0.2) is 0 Å². The molecule has 200 valence electrons. The molecule has 5 nitrogen and oxygen atoms in total. The van der Waals surface area contributed by atoms with Gasteiger partial charge in [-0.15, -0.1) is 0 Å². The predicted molar refractivity (Wildman–Crippen MR) is 127 cm³/mol. The van der Waals surface area contributed by atoms with Crippen molar-refractivity contribution in [3.8, 4) is 6.07 Å². The molecule has 1 amide bonds. The highest BCUT2D eigenvalue weighted by atomic mass is 35.5. The van der Waals surface area contributed by atoms with Crippen LogP contribution in [0.4, 0.5) is 26.3 Å². The number of nitriles is 1. The number of nitrogens with one attached hydrogen (secondary N) is 1. The van der Waals surface area contributed by atoms with Gasteiger partial charge >= 0.3 is 12.4 Å². The van der Waals surface area contributed by atoms with E-state index in [0.717, 1.165) is 12.1 Å². The van der Waals surface area contributed by atoms with Gasteiger partial charge in [-0.1, -0.05) is 29.8 Å². The number of halogens is 7. The Bertz CT molecular complexity index is 1460. The summed E-state index contributed by atoms with van der Waals surface area (Å²) in [6.07, 6.45) is -9.97. The Morgan fingerprint density at radius 3 is 2.37 bits per heavy atom. The zero-order valence-electron chi connectivity index (χ0n) is 19.8. The van der Waals surface area contributed by atoms with Gasteiger partial charge in [-0.3, -0.25) is 9.59 Å². The number of carbonyl (C=O) groups excluding carboxylic acids is 2. The van der Waals surface area contributed by atoms with Crippen LogP contribution in [0.25, 0.3) is 10.9 Å². The van der Waals surface area contributed by atoms with E-state index in [1.807, 2.05) is 6.07 Å². The molecule has 1 aromatic heterocycles. The Morgan fingerprint density at radius 1 is 1.13 bits per heavy atom. The van der Waals surface area contributed by atoms with Crippen molar-refractivity contribution in [3.63, 3.8) is 0 Å². The van der Waals surface area contributed by atoms with E-state index in [2.05, 4.69) is 5.32 Å². The minimum absolute atomic E-state index is 0.0210. The fourth-order valence-electron chi connectivity index (χ4n) is 4.35. The lowest BCUT2D eigenvalue weighted by Gasteiger charge is -2.21. The lowest BCUT2D eigenvalue weighted by molar-refractivity contribution is -0.150. The van der Waals surface area contributed by atoms with E-state index < -0.39 is 53.0 Å². The zero-order chi connectivity index (χ0) is 28.0. The SMILES string of the molecule is CCn1c(C(=O)CC(c2cccc(C(F)(F)F)c2)C(F)(F)F)cc2cc(C(=O)NC3(C#N)CC3)c(Cl)cc21. The molecule has 1 fully saturated rings. The van der Waals surface area contributed by atoms with Crippen molar-refractivity contribution < 1.29 is 35.9 Å². The molecule has 0 saturated heterocycles. The normalized spacial score (nSPS) is 15.7. The van der Waals surface area contributed by atoms with Gasteiger partial charge < -0.3 is 9.88 Å².